The Morgan fingerprint density at radius 3 is 2.29 bits per heavy atom. The predicted octanol–water partition coefficient (Wildman–Crippen LogP) is 5.86. The van der Waals surface area contributed by atoms with Crippen LogP contribution in [0.3, 0.4) is 0 Å². The van der Waals surface area contributed by atoms with Crippen LogP contribution in [0, 0.1) is 0 Å². The van der Waals surface area contributed by atoms with E-state index in [0.717, 1.165) is 22.4 Å². The molecule has 150 valence electrons. The van der Waals surface area contributed by atoms with E-state index < -0.39 is 0 Å². The van der Waals surface area contributed by atoms with Crippen LogP contribution in [0.25, 0.3) is 11.1 Å². The molecule has 2 rings (SSSR count). The summed E-state index contributed by atoms with van der Waals surface area (Å²) in [7, 11) is 0. The van der Waals surface area contributed by atoms with Gasteiger partial charge in [-0.2, -0.15) is 0 Å². The summed E-state index contributed by atoms with van der Waals surface area (Å²) in [5, 5.41) is 4.12. The highest BCUT2D eigenvalue weighted by atomic mass is 16.6. The molecule has 0 bridgehead atoms. The monoisotopic (exact) mass is 381 g/mol. The van der Waals surface area contributed by atoms with Gasteiger partial charge in [-0.1, -0.05) is 47.6 Å². The molecule has 0 saturated heterocycles. The molecule has 4 heteroatoms. The molecular formula is C24H31NO3. The Kier molecular flexibility index (Phi) is 8.27. The average molecular weight is 382 g/mol. The van der Waals surface area contributed by atoms with Crippen molar-refractivity contribution in [1.29, 1.82) is 0 Å². The van der Waals surface area contributed by atoms with E-state index in [0.29, 0.717) is 13.2 Å². The normalized spacial score (nSPS) is 12.2. The maximum Gasteiger partial charge on any atom is 0.129 e. The van der Waals surface area contributed by atoms with E-state index in [1.165, 1.54) is 0 Å². The largest absolute Gasteiger partial charge is 0.490 e. The van der Waals surface area contributed by atoms with Crippen LogP contribution in [0.5, 0.6) is 5.75 Å². The molecule has 0 radical (unpaired) electrons. The van der Waals surface area contributed by atoms with Gasteiger partial charge in [-0.05, 0) is 64.0 Å². The van der Waals surface area contributed by atoms with Crippen LogP contribution in [0.4, 0.5) is 0 Å². The number of hydrogen-bond donors (Lipinski definition) is 0. The third-order valence-electron chi connectivity index (χ3n) is 3.68. The van der Waals surface area contributed by atoms with Gasteiger partial charge in [0.1, 0.15) is 18.0 Å². The van der Waals surface area contributed by atoms with Gasteiger partial charge in [0.05, 0.1) is 18.9 Å². The molecule has 4 nitrogen and oxygen atoms in total. The Morgan fingerprint density at radius 2 is 1.61 bits per heavy atom. The minimum absolute atomic E-state index is 0.242. The van der Waals surface area contributed by atoms with Gasteiger partial charge in [0.15, 0.2) is 0 Å². The summed E-state index contributed by atoms with van der Waals surface area (Å²) in [6.07, 6.45) is 5.95. The maximum atomic E-state index is 5.75. The Bertz CT molecular complexity index is 771. The molecule has 0 aliphatic rings. The van der Waals surface area contributed by atoms with Crippen molar-refractivity contribution in [2.45, 2.75) is 46.3 Å². The number of nitrogens with zero attached hydrogens (tertiary/aromatic N) is 1. The number of benzene rings is 2. The second-order valence-corrected chi connectivity index (χ2v) is 7.71. The molecule has 0 saturated carbocycles. The van der Waals surface area contributed by atoms with Crippen molar-refractivity contribution in [3.63, 3.8) is 0 Å². The first-order chi connectivity index (χ1) is 13.3. The highest BCUT2D eigenvalue weighted by Crippen LogP contribution is 2.25. The summed E-state index contributed by atoms with van der Waals surface area (Å²) < 4.78 is 11.2. The minimum Gasteiger partial charge on any atom is -0.490 e. The van der Waals surface area contributed by atoms with Crippen LogP contribution < -0.4 is 4.74 Å². The Balaban J connectivity index is 1.98. The fourth-order valence-electron chi connectivity index (χ4n) is 2.37. The van der Waals surface area contributed by atoms with Gasteiger partial charge >= 0.3 is 0 Å². The molecule has 0 amide bonds. The van der Waals surface area contributed by atoms with Crippen LogP contribution in [0.15, 0.2) is 65.8 Å². The van der Waals surface area contributed by atoms with Crippen LogP contribution in [-0.4, -0.2) is 31.1 Å². The zero-order valence-electron chi connectivity index (χ0n) is 17.5. The van der Waals surface area contributed by atoms with E-state index in [1.54, 1.807) is 6.21 Å². The van der Waals surface area contributed by atoms with E-state index >= 15 is 0 Å². The zero-order chi connectivity index (χ0) is 20.4. The maximum absolute atomic E-state index is 5.75. The van der Waals surface area contributed by atoms with Crippen LogP contribution in [0.1, 0.15) is 40.2 Å². The fourth-order valence-corrected chi connectivity index (χ4v) is 2.37. The summed E-state index contributed by atoms with van der Waals surface area (Å²) in [6, 6.07) is 16.2. The molecule has 0 N–H and O–H groups in total. The zero-order valence-corrected chi connectivity index (χ0v) is 17.5. The molecule has 0 heterocycles. The summed E-state index contributed by atoms with van der Waals surface area (Å²) >= 11 is 0. The summed E-state index contributed by atoms with van der Waals surface area (Å²) in [5.74, 6) is 0.834. The topological polar surface area (TPSA) is 40.0 Å². The van der Waals surface area contributed by atoms with Crippen molar-refractivity contribution in [2.24, 2.45) is 5.16 Å². The molecule has 2 aromatic rings. The van der Waals surface area contributed by atoms with Gasteiger partial charge < -0.3 is 14.3 Å². The number of rotatable bonds is 9. The van der Waals surface area contributed by atoms with Crippen molar-refractivity contribution in [3.8, 4) is 16.9 Å². The fraction of sp³-hybridized carbons (Fsp3) is 0.375. The highest BCUT2D eigenvalue weighted by molar-refractivity contribution is 5.90. The molecule has 0 spiro atoms. The van der Waals surface area contributed by atoms with E-state index in [9.17, 15) is 0 Å². The van der Waals surface area contributed by atoms with Gasteiger partial charge in [-0.3, -0.25) is 0 Å². The molecule has 2 aromatic carbocycles. The minimum atomic E-state index is -0.306. The molecule has 0 aliphatic carbocycles. The number of oxime groups is 1. The lowest BCUT2D eigenvalue weighted by atomic mass is 10.0. The molecule has 0 aliphatic heterocycles. The molecular weight excluding hydrogens is 350 g/mol. The highest BCUT2D eigenvalue weighted by Gasteiger charge is 2.10. The van der Waals surface area contributed by atoms with Gasteiger partial charge in [0, 0.05) is 5.56 Å². The van der Waals surface area contributed by atoms with Crippen LogP contribution in [-0.2, 0) is 9.57 Å². The molecule has 0 atom stereocenters. The van der Waals surface area contributed by atoms with E-state index in [2.05, 4.69) is 23.4 Å². The van der Waals surface area contributed by atoms with E-state index in [-0.39, 0.29) is 11.7 Å². The second kappa shape index (κ2) is 10.7. The first-order valence-electron chi connectivity index (χ1n) is 9.65. The summed E-state index contributed by atoms with van der Waals surface area (Å²) in [6.45, 7) is 11.1. The smallest absolute Gasteiger partial charge is 0.129 e. The van der Waals surface area contributed by atoms with E-state index in [1.807, 2.05) is 77.1 Å². The lowest BCUT2D eigenvalue weighted by Crippen LogP contribution is -2.15. The third-order valence-corrected chi connectivity index (χ3v) is 3.68. The third kappa shape index (κ3) is 7.97. The van der Waals surface area contributed by atoms with Crippen molar-refractivity contribution in [2.75, 3.05) is 13.2 Å². The quantitative estimate of drug-likeness (QED) is 0.310. The molecule has 0 fully saturated rings. The van der Waals surface area contributed by atoms with Crippen molar-refractivity contribution in [1.82, 2.24) is 0 Å². The molecule has 0 unspecified atom stereocenters. The lowest BCUT2D eigenvalue weighted by Gasteiger charge is -2.15. The van der Waals surface area contributed by atoms with Gasteiger partial charge in [0.2, 0.25) is 0 Å². The van der Waals surface area contributed by atoms with Crippen molar-refractivity contribution in [3.05, 3.63) is 66.2 Å². The van der Waals surface area contributed by atoms with Gasteiger partial charge in [-0.25, -0.2) is 0 Å². The Hall–Kier alpha value is -2.59. The second-order valence-electron chi connectivity index (χ2n) is 7.71. The van der Waals surface area contributed by atoms with Crippen LogP contribution in [0.2, 0.25) is 0 Å². The van der Waals surface area contributed by atoms with E-state index in [4.69, 9.17) is 14.3 Å². The lowest BCUT2D eigenvalue weighted by molar-refractivity contribution is 0.00199. The summed E-state index contributed by atoms with van der Waals surface area (Å²) in [4.78, 5) is 5.46. The number of ether oxygens (including phenoxy) is 2. The number of hydrogen-bond acceptors (Lipinski definition) is 4. The first kappa shape index (κ1) is 21.7. The van der Waals surface area contributed by atoms with Crippen LogP contribution >= 0.6 is 0 Å². The van der Waals surface area contributed by atoms with Crippen molar-refractivity contribution >= 4 is 6.21 Å². The first-order valence-corrected chi connectivity index (χ1v) is 9.65. The average Bonchev–Trinajstić information content (AvgIpc) is 2.64. The Morgan fingerprint density at radius 1 is 0.929 bits per heavy atom. The van der Waals surface area contributed by atoms with Gasteiger partial charge in [0.25, 0.3) is 0 Å². The Labute approximate surface area is 168 Å². The molecule has 28 heavy (non-hydrogen) atoms. The SMILES string of the molecule is CC(C)OCC=CCOc1ccc(-c2ccccc2C=NOC(C)(C)C)cc1. The summed E-state index contributed by atoms with van der Waals surface area (Å²) in [5.41, 5.74) is 2.90. The standard InChI is InChI=1S/C24H31NO3/c1-19(2)26-16-8-9-17-27-22-14-12-20(13-15-22)23-11-7-6-10-21(23)18-25-28-24(3,4)5/h6-15,18-19H,16-17H2,1-5H3. The molecule has 0 aromatic heterocycles. The van der Waals surface area contributed by atoms with Gasteiger partial charge in [-0.15, -0.1) is 0 Å². The van der Waals surface area contributed by atoms with Crippen molar-refractivity contribution < 1.29 is 14.3 Å². The predicted molar refractivity (Wildman–Crippen MR) is 116 cm³/mol.